The van der Waals surface area contributed by atoms with E-state index in [0.29, 0.717) is 5.56 Å². The Balaban J connectivity index is 1.04. The zero-order valence-corrected chi connectivity index (χ0v) is 46.2. The van der Waals surface area contributed by atoms with Gasteiger partial charge in [-0.15, -0.1) is 0 Å². The van der Waals surface area contributed by atoms with Gasteiger partial charge >= 0.3 is 0 Å². The van der Waals surface area contributed by atoms with Crippen molar-refractivity contribution in [2.24, 2.45) is 0 Å². The van der Waals surface area contributed by atoms with Gasteiger partial charge < -0.3 is 18.9 Å². The maximum atomic E-state index is 11.7. The molecule has 0 saturated carbocycles. The first-order valence-electron chi connectivity index (χ1n) is 29.1. The Kier molecular flexibility index (Phi) is 11.0. The molecule has 2 aliphatic rings. The SMILES string of the molecule is N#Cc1cc2c3c(c1)N(c1c(-c4ccccc4)cccc1-c1ccccc1)c1cc(-n4c5ccccc5c5ccccc54)ccc1B3c1ccc(-n3c4ccccc4c4ccccc43)cc1N2c1c(-c2ccccc2)cccc1-c1ccccc1. The summed E-state index contributed by atoms with van der Waals surface area (Å²) in [7, 11) is 0. The van der Waals surface area contributed by atoms with Gasteiger partial charge in [0.05, 0.1) is 45.1 Å². The first-order valence-corrected chi connectivity index (χ1v) is 29.1. The Labute approximate surface area is 493 Å². The molecule has 0 amide bonds. The third kappa shape index (κ3) is 7.44. The fraction of sp³-hybridized carbons (Fsp3) is 0. The number of rotatable bonds is 8. The molecule has 6 heteroatoms. The van der Waals surface area contributed by atoms with E-state index in [-0.39, 0.29) is 6.71 Å². The second kappa shape index (κ2) is 19.4. The molecule has 15 aromatic rings. The number of hydrogen-bond donors (Lipinski definition) is 0. The lowest BCUT2D eigenvalue weighted by molar-refractivity contribution is 1.16. The van der Waals surface area contributed by atoms with Crippen molar-refractivity contribution < 1.29 is 0 Å². The van der Waals surface area contributed by atoms with E-state index in [0.717, 1.165) is 128 Å². The molecule has 2 aliphatic heterocycles. The number of nitrogens with zero attached hydrogens (tertiary/aromatic N) is 5. The van der Waals surface area contributed by atoms with Gasteiger partial charge in [0.2, 0.25) is 0 Å². The van der Waals surface area contributed by atoms with Crippen LogP contribution in [-0.2, 0) is 0 Å². The highest BCUT2D eigenvalue weighted by molar-refractivity contribution is 7.00. The highest BCUT2D eigenvalue weighted by atomic mass is 15.2. The lowest BCUT2D eigenvalue weighted by Crippen LogP contribution is -2.61. The van der Waals surface area contributed by atoms with E-state index < -0.39 is 0 Å². The smallest absolute Gasteiger partial charge is 0.252 e. The largest absolute Gasteiger partial charge is 0.310 e. The molecule has 0 unspecified atom stereocenters. The fourth-order valence-electron chi connectivity index (χ4n) is 14.2. The number of anilines is 6. The van der Waals surface area contributed by atoms with Crippen LogP contribution in [0.1, 0.15) is 5.56 Å². The van der Waals surface area contributed by atoms with Crippen LogP contribution in [0.15, 0.2) is 303 Å². The number of para-hydroxylation sites is 6. The summed E-state index contributed by atoms with van der Waals surface area (Å²) in [5.74, 6) is 0. The molecule has 0 aliphatic carbocycles. The van der Waals surface area contributed by atoms with Gasteiger partial charge in [-0.1, -0.05) is 243 Å². The normalized spacial score (nSPS) is 12.4. The molecule has 0 radical (unpaired) electrons. The second-order valence-corrected chi connectivity index (χ2v) is 22.2. The minimum absolute atomic E-state index is 0.275. The summed E-state index contributed by atoms with van der Waals surface area (Å²) >= 11 is 0. The van der Waals surface area contributed by atoms with Gasteiger partial charge in [0.1, 0.15) is 0 Å². The summed E-state index contributed by atoms with van der Waals surface area (Å²) in [6, 6.07) is 113. The van der Waals surface area contributed by atoms with E-state index in [1.165, 1.54) is 21.5 Å². The van der Waals surface area contributed by atoms with Crippen molar-refractivity contribution in [3.8, 4) is 62.0 Å². The third-order valence-electron chi connectivity index (χ3n) is 17.7. The van der Waals surface area contributed by atoms with Gasteiger partial charge in [0.25, 0.3) is 6.71 Å². The van der Waals surface area contributed by atoms with Crippen molar-refractivity contribution in [2.45, 2.75) is 0 Å². The Hall–Kier alpha value is -11.4. The summed E-state index contributed by atoms with van der Waals surface area (Å²) in [5.41, 5.74) is 25.4. The van der Waals surface area contributed by atoms with E-state index in [1.54, 1.807) is 0 Å². The Morgan fingerprint density at radius 3 is 0.906 bits per heavy atom. The fourth-order valence-corrected chi connectivity index (χ4v) is 14.2. The minimum atomic E-state index is -0.275. The number of aromatic nitrogens is 2. The molecular formula is C79H50BN5. The van der Waals surface area contributed by atoms with Crippen molar-refractivity contribution in [1.82, 2.24) is 9.13 Å². The van der Waals surface area contributed by atoms with Gasteiger partial charge in [0.15, 0.2) is 0 Å². The van der Waals surface area contributed by atoms with E-state index in [9.17, 15) is 5.26 Å². The van der Waals surface area contributed by atoms with E-state index in [4.69, 9.17) is 0 Å². The first-order chi connectivity index (χ1) is 42.2. The molecule has 17 rings (SSSR count). The van der Waals surface area contributed by atoms with Gasteiger partial charge in [-0.2, -0.15) is 5.26 Å². The quantitative estimate of drug-likeness (QED) is 0.142. The average Bonchev–Trinajstić information content (AvgIpc) is 1.70. The first kappa shape index (κ1) is 48.3. The highest BCUT2D eigenvalue weighted by Crippen LogP contribution is 2.53. The van der Waals surface area contributed by atoms with Crippen LogP contribution in [-0.4, -0.2) is 15.8 Å². The van der Waals surface area contributed by atoms with E-state index >= 15 is 0 Å². The summed E-state index contributed by atoms with van der Waals surface area (Å²) in [5, 5.41) is 16.5. The van der Waals surface area contributed by atoms with Crippen LogP contribution in [0.4, 0.5) is 34.1 Å². The molecule has 0 fully saturated rings. The van der Waals surface area contributed by atoms with Crippen molar-refractivity contribution in [3.63, 3.8) is 0 Å². The van der Waals surface area contributed by atoms with Crippen LogP contribution in [0.25, 0.3) is 99.5 Å². The topological polar surface area (TPSA) is 40.1 Å². The van der Waals surface area contributed by atoms with Crippen molar-refractivity contribution in [2.75, 3.05) is 9.80 Å². The van der Waals surface area contributed by atoms with Crippen LogP contribution >= 0.6 is 0 Å². The predicted molar refractivity (Wildman–Crippen MR) is 356 cm³/mol. The summed E-state index contributed by atoms with van der Waals surface area (Å²) in [6.45, 7) is -0.275. The molecule has 0 atom stereocenters. The zero-order valence-electron chi connectivity index (χ0n) is 46.2. The number of fused-ring (bicyclic) bond motifs is 10. The molecule has 0 spiro atoms. The van der Waals surface area contributed by atoms with Crippen molar-refractivity contribution in [1.29, 1.82) is 5.26 Å². The molecular weight excluding hydrogens is 1030 g/mol. The van der Waals surface area contributed by atoms with Crippen LogP contribution in [0, 0.1) is 11.3 Å². The molecule has 394 valence electrons. The standard InChI is InChI=1S/C79H50BN5/c81-51-52-47-75-77-76(48-52)85(79-61(55-27-9-3-10-28-55)37-22-38-62(79)56-29-11-4-12-30-56)74-50-58(83-71-41-19-15-33-65(71)66-34-16-20-42-72(66)83)44-46-68(74)80(77)67-45-43-57(82-69-39-17-13-31-63(69)64-32-14-18-40-70(64)82)49-73(67)84(75)78-59(53-23-5-1-6-24-53)35-21-36-60(78)54-25-7-2-8-26-54/h1-50H. The Bertz CT molecular complexity index is 4680. The summed E-state index contributed by atoms with van der Waals surface area (Å²) in [4.78, 5) is 5.04. The van der Waals surface area contributed by atoms with Gasteiger partial charge in [-0.05, 0) is 99.3 Å². The lowest BCUT2D eigenvalue weighted by Gasteiger charge is -2.46. The Morgan fingerprint density at radius 1 is 0.282 bits per heavy atom. The minimum Gasteiger partial charge on any atom is -0.310 e. The van der Waals surface area contributed by atoms with Crippen molar-refractivity contribution >= 4 is 101 Å². The van der Waals surface area contributed by atoms with E-state index in [1.807, 2.05) is 0 Å². The second-order valence-electron chi connectivity index (χ2n) is 22.2. The number of nitriles is 1. The summed E-state index contributed by atoms with van der Waals surface area (Å²) in [6.07, 6.45) is 0. The molecule has 13 aromatic carbocycles. The van der Waals surface area contributed by atoms with Crippen LogP contribution < -0.4 is 26.2 Å². The number of benzene rings is 13. The van der Waals surface area contributed by atoms with Gasteiger partial charge in [-0.3, -0.25) is 0 Å². The van der Waals surface area contributed by atoms with Crippen molar-refractivity contribution in [3.05, 3.63) is 309 Å². The summed E-state index contributed by atoms with van der Waals surface area (Å²) < 4.78 is 4.86. The molecule has 85 heavy (non-hydrogen) atoms. The molecule has 4 heterocycles. The van der Waals surface area contributed by atoms with Crippen LogP contribution in [0.2, 0.25) is 0 Å². The molecule has 5 nitrogen and oxygen atoms in total. The van der Waals surface area contributed by atoms with Crippen LogP contribution in [0.3, 0.4) is 0 Å². The maximum Gasteiger partial charge on any atom is 0.252 e. The van der Waals surface area contributed by atoms with Gasteiger partial charge in [0, 0.05) is 77.9 Å². The zero-order chi connectivity index (χ0) is 56.1. The molecule has 2 aromatic heterocycles. The molecule has 0 saturated heterocycles. The lowest BCUT2D eigenvalue weighted by atomic mass is 9.33. The van der Waals surface area contributed by atoms with Crippen LogP contribution in [0.5, 0.6) is 0 Å². The highest BCUT2D eigenvalue weighted by Gasteiger charge is 2.46. The molecule has 0 bridgehead atoms. The third-order valence-corrected chi connectivity index (χ3v) is 17.7. The average molecular weight is 1080 g/mol. The number of hydrogen-bond acceptors (Lipinski definition) is 3. The Morgan fingerprint density at radius 2 is 0.588 bits per heavy atom. The predicted octanol–water partition coefficient (Wildman–Crippen LogP) is 18.5. The van der Waals surface area contributed by atoms with Gasteiger partial charge in [-0.25, -0.2) is 0 Å². The molecule has 0 N–H and O–H groups in total. The monoisotopic (exact) mass is 1080 g/mol. The van der Waals surface area contributed by atoms with E-state index in [2.05, 4.69) is 328 Å². The maximum absolute atomic E-state index is 11.7.